The van der Waals surface area contributed by atoms with Crippen LogP contribution in [0.25, 0.3) is 0 Å². The van der Waals surface area contributed by atoms with Crippen molar-refractivity contribution in [3.63, 3.8) is 0 Å². The lowest BCUT2D eigenvalue weighted by molar-refractivity contribution is 0.196. The Hall–Kier alpha value is -4.81. The van der Waals surface area contributed by atoms with Crippen LogP contribution in [0.5, 0.6) is 0 Å². The van der Waals surface area contributed by atoms with E-state index >= 15 is 0 Å². The molecule has 0 aliphatic carbocycles. The molecule has 0 fully saturated rings. The van der Waals surface area contributed by atoms with Crippen LogP contribution in [0.4, 0.5) is 4.79 Å². The number of guanidine groups is 2. The summed E-state index contributed by atoms with van der Waals surface area (Å²) in [7, 11) is 0. The summed E-state index contributed by atoms with van der Waals surface area (Å²) in [6.45, 7) is 3.72. The molecule has 2 aromatic rings. The Bertz CT molecular complexity index is 1110. The number of nitrogens with zero attached hydrogens (tertiary/aromatic N) is 6. The van der Waals surface area contributed by atoms with Gasteiger partial charge in [-0.2, -0.15) is 15.2 Å². The molecule has 34 heavy (non-hydrogen) atoms. The number of hydrogen-bond donors (Lipinski definition) is 5. The molecule has 13 heteroatoms. The van der Waals surface area contributed by atoms with Gasteiger partial charge in [0.25, 0.3) is 0 Å². The van der Waals surface area contributed by atoms with Crippen LogP contribution in [0.15, 0.2) is 74.2 Å². The molecule has 0 aromatic heterocycles. The van der Waals surface area contributed by atoms with Gasteiger partial charge in [-0.1, -0.05) is 48.5 Å². The van der Waals surface area contributed by atoms with Gasteiger partial charge in [-0.3, -0.25) is 0 Å². The van der Waals surface area contributed by atoms with E-state index < -0.39 is 6.03 Å². The van der Waals surface area contributed by atoms with Crippen LogP contribution in [0, 0.1) is 4.91 Å². The van der Waals surface area contributed by atoms with E-state index in [1.807, 2.05) is 24.3 Å². The van der Waals surface area contributed by atoms with Gasteiger partial charge in [0.1, 0.15) is 0 Å². The van der Waals surface area contributed by atoms with Gasteiger partial charge >= 0.3 is 6.03 Å². The molecule has 2 amide bonds. The van der Waals surface area contributed by atoms with E-state index in [0.717, 1.165) is 21.7 Å². The van der Waals surface area contributed by atoms with E-state index in [1.54, 1.807) is 38.1 Å². The largest absolute Gasteiger partial charge is 0.369 e. The first-order valence-electron chi connectivity index (χ1n) is 10.0. The maximum absolute atomic E-state index is 12.4. The van der Waals surface area contributed by atoms with Crippen LogP contribution in [-0.4, -0.2) is 34.4 Å². The van der Waals surface area contributed by atoms with Crippen molar-refractivity contribution in [3.05, 3.63) is 75.7 Å². The molecule has 0 atom stereocenters. The van der Waals surface area contributed by atoms with Crippen molar-refractivity contribution in [2.24, 2.45) is 48.6 Å². The molecule has 0 radical (unpaired) electrons. The molecule has 0 saturated carbocycles. The average molecular weight is 466 g/mol. The molecule has 0 saturated heterocycles. The number of urea groups is 1. The number of rotatable bonds is 9. The van der Waals surface area contributed by atoms with E-state index in [0.29, 0.717) is 17.0 Å². The van der Waals surface area contributed by atoms with E-state index in [2.05, 4.69) is 31.0 Å². The second-order valence-corrected chi connectivity index (χ2v) is 7.11. The molecule has 13 nitrogen and oxygen atoms in total. The van der Waals surface area contributed by atoms with Gasteiger partial charge in [0, 0.05) is 6.54 Å². The summed E-state index contributed by atoms with van der Waals surface area (Å²) in [5, 5.41) is 21.3. The first-order chi connectivity index (χ1) is 16.2. The number of nitrogens with one attached hydrogen (secondary N) is 1. The first-order valence-corrected chi connectivity index (χ1v) is 10.0. The quantitative estimate of drug-likeness (QED) is 0.158. The monoisotopic (exact) mass is 465 g/mol. The van der Waals surface area contributed by atoms with Crippen molar-refractivity contribution in [1.29, 1.82) is 0 Å². The summed E-state index contributed by atoms with van der Waals surface area (Å²) in [6, 6.07) is 13.7. The molecule has 0 heterocycles. The van der Waals surface area contributed by atoms with Gasteiger partial charge in [-0.25, -0.2) is 4.79 Å². The number of carbonyl (C=O) groups excluding carboxylic acids is 1. The number of hydrogen-bond acceptors (Lipinski definition) is 7. The highest BCUT2D eigenvalue weighted by molar-refractivity contribution is 5.99. The van der Waals surface area contributed by atoms with Crippen molar-refractivity contribution in [2.45, 2.75) is 26.9 Å². The van der Waals surface area contributed by atoms with E-state index in [4.69, 9.17) is 22.9 Å². The van der Waals surface area contributed by atoms with Gasteiger partial charge < -0.3 is 28.3 Å². The van der Waals surface area contributed by atoms with Crippen molar-refractivity contribution in [3.8, 4) is 0 Å². The fourth-order valence-electron chi connectivity index (χ4n) is 2.68. The number of amides is 2. The van der Waals surface area contributed by atoms with Gasteiger partial charge in [0.05, 0.1) is 23.3 Å². The van der Waals surface area contributed by atoms with Crippen molar-refractivity contribution >= 4 is 29.4 Å². The van der Waals surface area contributed by atoms with E-state index in [-0.39, 0.29) is 25.0 Å². The van der Waals surface area contributed by atoms with Crippen LogP contribution in [0.3, 0.4) is 0 Å². The third-order valence-corrected chi connectivity index (χ3v) is 4.48. The number of carbonyl (C=O) groups is 1. The van der Waals surface area contributed by atoms with Gasteiger partial charge in [0.2, 0.25) is 11.9 Å². The van der Waals surface area contributed by atoms with Crippen molar-refractivity contribution in [1.82, 2.24) is 10.3 Å². The number of nitroso groups, excluding NO2 is 1. The standard InChI is InChI=1S/C21H27N11O2/c1-13(27-29-19(22)23)17-7-3-15(4-8-17)11-26-21(33)32(31-34)12-16-5-9-18(10-6-16)14(2)28-30-20(24)25/h3-10H,11-12H2,1-2H3,(H,26,33)(H4,22,23,29)(H4,24,25,30)/b27-13-,28-14+. The van der Waals surface area contributed by atoms with Crippen LogP contribution in [0.2, 0.25) is 0 Å². The molecule has 9 N–H and O–H groups in total. The molecule has 2 rings (SSSR count). The molecular formula is C21H27N11O2. The minimum absolute atomic E-state index is 0.000900. The molecule has 0 spiro atoms. The van der Waals surface area contributed by atoms with Crippen molar-refractivity contribution < 1.29 is 4.79 Å². The van der Waals surface area contributed by atoms with Crippen molar-refractivity contribution in [2.75, 3.05) is 0 Å². The highest BCUT2D eigenvalue weighted by atomic mass is 16.3. The molecule has 0 aliphatic rings. The SMILES string of the molecule is C/C(=N/N=C(N)N)c1ccc(CNC(=O)N(Cc2ccc(/C(C)=N/N=C(N)N)cc2)N=O)cc1. The van der Waals surface area contributed by atoms with Crippen LogP contribution in [0.1, 0.15) is 36.1 Å². The zero-order valence-corrected chi connectivity index (χ0v) is 18.8. The minimum atomic E-state index is -0.626. The van der Waals surface area contributed by atoms with Gasteiger partial charge in [-0.15, -0.1) is 15.1 Å². The number of benzene rings is 2. The van der Waals surface area contributed by atoms with Crippen LogP contribution in [-0.2, 0) is 13.1 Å². The summed E-state index contributed by atoms with van der Waals surface area (Å²) in [5.41, 5.74) is 25.4. The third-order valence-electron chi connectivity index (χ3n) is 4.48. The number of nitrogens with two attached hydrogens (primary N) is 4. The van der Waals surface area contributed by atoms with Gasteiger partial charge in [0.15, 0.2) is 0 Å². The Labute approximate surface area is 196 Å². The highest BCUT2D eigenvalue weighted by Crippen LogP contribution is 2.11. The molecule has 0 aliphatic heterocycles. The maximum atomic E-state index is 12.4. The van der Waals surface area contributed by atoms with Crippen LogP contribution >= 0.6 is 0 Å². The normalized spacial score (nSPS) is 11.4. The summed E-state index contributed by atoms with van der Waals surface area (Å²) in [4.78, 5) is 23.6. The minimum Gasteiger partial charge on any atom is -0.369 e. The zero-order chi connectivity index (χ0) is 25.1. The fraction of sp³-hybridized carbons (Fsp3) is 0.190. The lowest BCUT2D eigenvalue weighted by Gasteiger charge is -2.15. The Morgan fingerprint density at radius 1 is 0.765 bits per heavy atom. The fourth-order valence-corrected chi connectivity index (χ4v) is 2.68. The Balaban J connectivity index is 1.96. The molecular weight excluding hydrogens is 438 g/mol. The molecule has 2 aromatic carbocycles. The van der Waals surface area contributed by atoms with Gasteiger partial charge in [-0.05, 0) is 36.1 Å². The molecule has 0 unspecified atom stereocenters. The smallest absolute Gasteiger partial charge is 0.341 e. The predicted molar refractivity (Wildman–Crippen MR) is 132 cm³/mol. The lowest BCUT2D eigenvalue weighted by atomic mass is 10.1. The molecule has 0 bridgehead atoms. The maximum Gasteiger partial charge on any atom is 0.341 e. The molecule has 178 valence electrons. The zero-order valence-electron chi connectivity index (χ0n) is 18.8. The third kappa shape index (κ3) is 8.03. The Morgan fingerprint density at radius 3 is 1.62 bits per heavy atom. The Kier molecular flexibility index (Phi) is 9.19. The van der Waals surface area contributed by atoms with Crippen LogP contribution < -0.4 is 28.3 Å². The second kappa shape index (κ2) is 12.3. The summed E-state index contributed by atoms with van der Waals surface area (Å²) in [6.07, 6.45) is 0. The summed E-state index contributed by atoms with van der Waals surface area (Å²) < 4.78 is 0. The summed E-state index contributed by atoms with van der Waals surface area (Å²) in [5.74, 6) is -0.271. The lowest BCUT2D eigenvalue weighted by Crippen LogP contribution is -2.35. The Morgan fingerprint density at radius 2 is 1.21 bits per heavy atom. The predicted octanol–water partition coefficient (Wildman–Crippen LogP) is 1.07. The average Bonchev–Trinajstić information content (AvgIpc) is 2.83. The topological polar surface area (TPSA) is 215 Å². The summed E-state index contributed by atoms with van der Waals surface area (Å²) >= 11 is 0. The van der Waals surface area contributed by atoms with E-state index in [9.17, 15) is 9.70 Å². The highest BCUT2D eigenvalue weighted by Gasteiger charge is 2.14. The van der Waals surface area contributed by atoms with E-state index in [1.165, 1.54) is 0 Å². The second-order valence-electron chi connectivity index (χ2n) is 7.11. The first kappa shape index (κ1) is 25.5.